The van der Waals surface area contributed by atoms with Gasteiger partial charge in [0.05, 0.1) is 11.1 Å². The summed E-state index contributed by atoms with van der Waals surface area (Å²) in [5.41, 5.74) is 0.225. The molecule has 3 aromatic heterocycles. The van der Waals surface area contributed by atoms with E-state index < -0.39 is 5.60 Å². The van der Waals surface area contributed by atoms with Crippen molar-refractivity contribution in [3.63, 3.8) is 0 Å². The average Bonchev–Trinajstić information content (AvgIpc) is 2.75. The Morgan fingerprint density at radius 1 is 1.29 bits per heavy atom. The highest BCUT2D eigenvalue weighted by molar-refractivity contribution is 9.10. The molecule has 0 radical (unpaired) electrons. The summed E-state index contributed by atoms with van der Waals surface area (Å²) in [7, 11) is 0. The van der Waals surface area contributed by atoms with Crippen molar-refractivity contribution in [2.45, 2.75) is 19.4 Å². The second-order valence-corrected chi connectivity index (χ2v) is 6.36. The highest BCUT2D eigenvalue weighted by atomic mass is 79.9. The zero-order valence-corrected chi connectivity index (χ0v) is 13.7. The second-order valence-electron chi connectivity index (χ2n) is 5.16. The minimum Gasteiger partial charge on any atom is -0.384 e. The Hall–Kier alpha value is -1.50. The van der Waals surface area contributed by atoms with Crippen LogP contribution in [0.4, 0.5) is 0 Å². The second kappa shape index (κ2) is 5.05. The number of halogens is 2. The number of hydrogen-bond donors (Lipinski definition) is 1. The summed E-state index contributed by atoms with van der Waals surface area (Å²) in [4.78, 5) is 12.7. The minimum atomic E-state index is -1.01. The molecule has 1 N–H and O–H groups in total. The molecule has 0 aliphatic carbocycles. The first-order valence-corrected chi connectivity index (χ1v) is 7.43. The van der Waals surface area contributed by atoms with Crippen molar-refractivity contribution in [1.29, 1.82) is 0 Å². The van der Waals surface area contributed by atoms with Gasteiger partial charge in [-0.25, -0.2) is 9.97 Å². The van der Waals surface area contributed by atoms with Gasteiger partial charge in [0.25, 0.3) is 0 Å². The molecule has 0 bridgehead atoms. The molecule has 0 aromatic carbocycles. The molecule has 0 saturated carbocycles. The van der Waals surface area contributed by atoms with Crippen LogP contribution in [0.5, 0.6) is 0 Å². The molecule has 0 aliphatic heterocycles. The molecule has 0 fully saturated rings. The van der Waals surface area contributed by atoms with Gasteiger partial charge in [0, 0.05) is 16.9 Å². The molecule has 0 saturated heterocycles. The normalized spacial score (nSPS) is 12.0. The van der Waals surface area contributed by atoms with Gasteiger partial charge in [-0.1, -0.05) is 6.07 Å². The molecule has 0 spiro atoms. The van der Waals surface area contributed by atoms with Crippen molar-refractivity contribution >= 4 is 38.6 Å². The minimum absolute atomic E-state index is 0.174. The Morgan fingerprint density at radius 2 is 2.05 bits per heavy atom. The Morgan fingerprint density at radius 3 is 2.76 bits per heavy atom. The Balaban J connectivity index is 2.23. The maximum Gasteiger partial charge on any atom is 0.224 e. The number of aliphatic hydroxyl groups is 1. The van der Waals surface area contributed by atoms with Gasteiger partial charge in [0.2, 0.25) is 5.28 Å². The van der Waals surface area contributed by atoms with Gasteiger partial charge in [-0.3, -0.25) is 4.57 Å². The fourth-order valence-electron chi connectivity index (χ4n) is 2.02. The molecule has 0 unspecified atom stereocenters. The van der Waals surface area contributed by atoms with E-state index in [0.717, 1.165) is 9.86 Å². The highest BCUT2D eigenvalue weighted by Crippen LogP contribution is 2.28. The number of aromatic nitrogens is 4. The summed E-state index contributed by atoms with van der Waals surface area (Å²) in [6.45, 7) is 3.39. The molecule has 108 valence electrons. The van der Waals surface area contributed by atoms with Crippen molar-refractivity contribution in [3.8, 4) is 5.82 Å². The number of hydrogen-bond acceptors (Lipinski definition) is 4. The lowest BCUT2D eigenvalue weighted by molar-refractivity contribution is 0.0738. The Bertz CT molecular complexity index is 825. The van der Waals surface area contributed by atoms with Crippen molar-refractivity contribution in [1.82, 2.24) is 19.5 Å². The van der Waals surface area contributed by atoms with Crippen LogP contribution in [0, 0.1) is 0 Å². The Kier molecular flexibility index (Phi) is 3.47. The van der Waals surface area contributed by atoms with Crippen LogP contribution in [0.15, 0.2) is 35.1 Å². The molecular formula is C14H12BrClN4O. The van der Waals surface area contributed by atoms with Crippen LogP contribution in [-0.4, -0.2) is 24.6 Å². The van der Waals surface area contributed by atoms with Crippen LogP contribution < -0.4 is 0 Å². The number of nitrogens with zero attached hydrogens (tertiary/aromatic N) is 4. The third-order valence-electron chi connectivity index (χ3n) is 3.08. The maximum absolute atomic E-state index is 10.1. The van der Waals surface area contributed by atoms with E-state index >= 15 is 0 Å². The third kappa shape index (κ3) is 2.66. The molecule has 21 heavy (non-hydrogen) atoms. The molecule has 3 rings (SSSR count). The van der Waals surface area contributed by atoms with E-state index in [9.17, 15) is 5.11 Å². The van der Waals surface area contributed by atoms with Crippen LogP contribution in [0.2, 0.25) is 5.28 Å². The van der Waals surface area contributed by atoms with E-state index in [1.807, 2.05) is 22.9 Å². The van der Waals surface area contributed by atoms with E-state index in [1.165, 1.54) is 0 Å². The predicted molar refractivity (Wildman–Crippen MR) is 84.6 cm³/mol. The van der Waals surface area contributed by atoms with E-state index in [4.69, 9.17) is 11.6 Å². The summed E-state index contributed by atoms with van der Waals surface area (Å²) in [5.74, 6) is 0.653. The van der Waals surface area contributed by atoms with Crippen LogP contribution in [-0.2, 0) is 5.60 Å². The van der Waals surface area contributed by atoms with E-state index in [0.29, 0.717) is 17.2 Å². The van der Waals surface area contributed by atoms with Gasteiger partial charge in [0.1, 0.15) is 11.4 Å². The number of rotatable bonds is 2. The van der Waals surface area contributed by atoms with Crippen molar-refractivity contribution in [3.05, 3.63) is 46.0 Å². The summed E-state index contributed by atoms with van der Waals surface area (Å²) >= 11 is 9.36. The number of pyridine rings is 1. The SMILES string of the molecule is CC(C)(O)c1cccc(-n2cc(Br)c3cnc(Cl)nc32)n1. The van der Waals surface area contributed by atoms with Gasteiger partial charge >= 0.3 is 0 Å². The summed E-state index contributed by atoms with van der Waals surface area (Å²) in [5, 5.41) is 11.1. The van der Waals surface area contributed by atoms with Gasteiger partial charge in [-0.2, -0.15) is 4.98 Å². The molecule has 0 aliphatic rings. The van der Waals surface area contributed by atoms with Gasteiger partial charge in [-0.15, -0.1) is 0 Å². The lowest BCUT2D eigenvalue weighted by Crippen LogP contribution is -2.18. The fraction of sp³-hybridized carbons (Fsp3) is 0.214. The summed E-state index contributed by atoms with van der Waals surface area (Å²) in [6, 6.07) is 5.47. The maximum atomic E-state index is 10.1. The number of fused-ring (bicyclic) bond motifs is 1. The van der Waals surface area contributed by atoms with Crippen LogP contribution in [0.3, 0.4) is 0 Å². The average molecular weight is 368 g/mol. The molecule has 0 atom stereocenters. The molecule has 3 aromatic rings. The Labute approximate surface area is 134 Å². The molecular weight excluding hydrogens is 356 g/mol. The first kappa shape index (κ1) is 14.4. The molecule has 0 amide bonds. The largest absolute Gasteiger partial charge is 0.384 e. The van der Waals surface area contributed by atoms with Crippen molar-refractivity contribution in [2.24, 2.45) is 0 Å². The van der Waals surface area contributed by atoms with Crippen LogP contribution >= 0.6 is 27.5 Å². The lowest BCUT2D eigenvalue weighted by atomic mass is 10.1. The predicted octanol–water partition coefficient (Wildman–Crippen LogP) is 3.46. The van der Waals surface area contributed by atoms with Gasteiger partial charge in [0.15, 0.2) is 5.65 Å². The van der Waals surface area contributed by atoms with Crippen LogP contribution in [0.25, 0.3) is 16.9 Å². The molecule has 3 heterocycles. The highest BCUT2D eigenvalue weighted by Gasteiger charge is 2.19. The fourth-order valence-corrected chi connectivity index (χ4v) is 2.63. The van der Waals surface area contributed by atoms with Crippen molar-refractivity contribution in [2.75, 3.05) is 0 Å². The monoisotopic (exact) mass is 366 g/mol. The van der Waals surface area contributed by atoms with Gasteiger partial charge in [-0.05, 0) is 53.5 Å². The van der Waals surface area contributed by atoms with E-state index in [2.05, 4.69) is 30.9 Å². The summed E-state index contributed by atoms with van der Waals surface area (Å²) in [6.07, 6.45) is 3.51. The molecule has 5 nitrogen and oxygen atoms in total. The third-order valence-corrected chi connectivity index (χ3v) is 3.89. The quantitative estimate of drug-likeness (QED) is 0.705. The van der Waals surface area contributed by atoms with Crippen molar-refractivity contribution < 1.29 is 5.11 Å². The van der Waals surface area contributed by atoms with Gasteiger partial charge < -0.3 is 5.11 Å². The first-order chi connectivity index (χ1) is 9.86. The summed E-state index contributed by atoms with van der Waals surface area (Å²) < 4.78 is 2.66. The zero-order chi connectivity index (χ0) is 15.2. The first-order valence-electron chi connectivity index (χ1n) is 6.25. The van der Waals surface area contributed by atoms with E-state index in [-0.39, 0.29) is 5.28 Å². The van der Waals surface area contributed by atoms with Crippen LogP contribution in [0.1, 0.15) is 19.5 Å². The molecule has 7 heteroatoms. The smallest absolute Gasteiger partial charge is 0.224 e. The zero-order valence-electron chi connectivity index (χ0n) is 11.4. The lowest BCUT2D eigenvalue weighted by Gasteiger charge is -2.17. The standard InChI is InChI=1S/C14H12BrClN4O/c1-14(2,21)10-4-3-5-11(18-10)20-7-9(15)8-6-17-13(16)19-12(8)20/h3-7,21H,1-2H3. The van der Waals surface area contributed by atoms with E-state index in [1.54, 1.807) is 26.1 Å². The topological polar surface area (TPSA) is 63.8 Å².